The number of hydrogen-bond donors (Lipinski definition) is 1. The first-order chi connectivity index (χ1) is 15.3. The highest BCUT2D eigenvalue weighted by atomic mass is 32.2. The summed E-state index contributed by atoms with van der Waals surface area (Å²) < 4.78 is 34.5. The zero-order valence-corrected chi connectivity index (χ0v) is 19.3. The van der Waals surface area contributed by atoms with Crippen molar-refractivity contribution in [1.82, 2.24) is 9.62 Å². The van der Waals surface area contributed by atoms with E-state index in [-0.39, 0.29) is 23.0 Å². The van der Waals surface area contributed by atoms with E-state index in [0.29, 0.717) is 6.54 Å². The molecule has 0 heterocycles. The Balaban J connectivity index is 1.90. The summed E-state index contributed by atoms with van der Waals surface area (Å²) in [6.45, 7) is 2.18. The van der Waals surface area contributed by atoms with Crippen LogP contribution in [0, 0.1) is 6.92 Å². The Morgan fingerprint density at radius 2 is 1.56 bits per heavy atom. The van der Waals surface area contributed by atoms with Crippen LogP contribution in [0.25, 0.3) is 0 Å². The number of nitrogens with zero attached hydrogens (tertiary/aromatic N) is 1. The molecule has 0 aliphatic heterocycles. The number of rotatable bonds is 9. The second kappa shape index (κ2) is 10.4. The third-order valence-corrected chi connectivity index (χ3v) is 6.62. The van der Waals surface area contributed by atoms with Gasteiger partial charge in [-0.25, -0.2) is 8.42 Å². The van der Waals surface area contributed by atoms with Crippen LogP contribution in [0.4, 0.5) is 0 Å². The van der Waals surface area contributed by atoms with Crippen molar-refractivity contribution in [2.24, 2.45) is 0 Å². The molecule has 0 radical (unpaired) electrons. The predicted octanol–water partition coefficient (Wildman–Crippen LogP) is 3.55. The van der Waals surface area contributed by atoms with E-state index in [9.17, 15) is 13.2 Å². The van der Waals surface area contributed by atoms with Gasteiger partial charge in [0.25, 0.3) is 0 Å². The fraction of sp³-hybridized carbons (Fsp3) is 0.240. The summed E-state index contributed by atoms with van der Waals surface area (Å²) in [6.07, 6.45) is 0.228. The predicted molar refractivity (Wildman–Crippen MR) is 125 cm³/mol. The lowest BCUT2D eigenvalue weighted by Crippen LogP contribution is -2.48. The highest BCUT2D eigenvalue weighted by Gasteiger charge is 2.30. The van der Waals surface area contributed by atoms with Crippen LogP contribution in [0.3, 0.4) is 0 Å². The number of carbonyl (C=O) groups is 1. The van der Waals surface area contributed by atoms with Gasteiger partial charge >= 0.3 is 0 Å². The molecular weight excluding hydrogens is 424 g/mol. The normalized spacial score (nSPS) is 12.2. The lowest BCUT2D eigenvalue weighted by molar-refractivity contribution is -0.132. The van der Waals surface area contributed by atoms with Crippen LogP contribution < -0.4 is 9.46 Å². The molecule has 3 rings (SSSR count). The lowest BCUT2D eigenvalue weighted by atomic mass is 10.1. The van der Waals surface area contributed by atoms with E-state index in [1.165, 1.54) is 7.11 Å². The molecule has 0 saturated heterocycles. The van der Waals surface area contributed by atoms with E-state index >= 15 is 0 Å². The number of methoxy groups -OCH3 is 1. The average Bonchev–Trinajstić information content (AvgIpc) is 2.79. The molecule has 0 unspecified atom stereocenters. The topological polar surface area (TPSA) is 75.7 Å². The van der Waals surface area contributed by atoms with Crippen LogP contribution in [-0.2, 0) is 27.8 Å². The van der Waals surface area contributed by atoms with Gasteiger partial charge in [0.15, 0.2) is 0 Å². The molecule has 0 fully saturated rings. The van der Waals surface area contributed by atoms with Gasteiger partial charge in [0.05, 0.1) is 7.11 Å². The molecule has 0 bridgehead atoms. The van der Waals surface area contributed by atoms with Gasteiger partial charge in [-0.1, -0.05) is 66.7 Å². The minimum Gasteiger partial charge on any atom is -0.495 e. The Kier molecular flexibility index (Phi) is 7.66. The number of sulfonamides is 1. The number of amides is 1. The summed E-state index contributed by atoms with van der Waals surface area (Å²) >= 11 is 0. The molecule has 6 nitrogen and oxygen atoms in total. The highest BCUT2D eigenvalue weighted by Crippen LogP contribution is 2.25. The fourth-order valence-electron chi connectivity index (χ4n) is 3.48. The number of aryl methyl sites for hydroxylation is 1. The molecule has 1 atom stereocenters. The molecule has 0 aliphatic rings. The van der Waals surface area contributed by atoms with E-state index in [4.69, 9.17) is 4.74 Å². The lowest BCUT2D eigenvalue weighted by Gasteiger charge is -2.25. The molecule has 3 aromatic rings. The van der Waals surface area contributed by atoms with Gasteiger partial charge in [-0.15, -0.1) is 0 Å². The first-order valence-corrected chi connectivity index (χ1v) is 11.8. The van der Waals surface area contributed by atoms with Gasteiger partial charge in [-0.05, 0) is 42.2 Å². The van der Waals surface area contributed by atoms with Gasteiger partial charge in [0, 0.05) is 13.6 Å². The van der Waals surface area contributed by atoms with Crippen molar-refractivity contribution in [2.45, 2.75) is 30.8 Å². The van der Waals surface area contributed by atoms with Crippen molar-refractivity contribution in [3.63, 3.8) is 0 Å². The highest BCUT2D eigenvalue weighted by molar-refractivity contribution is 7.89. The monoisotopic (exact) mass is 452 g/mol. The minimum atomic E-state index is -4.02. The quantitative estimate of drug-likeness (QED) is 0.539. The number of likely N-dealkylation sites (N-methyl/N-ethyl adjacent to an activating group) is 1. The van der Waals surface area contributed by atoms with Crippen molar-refractivity contribution in [2.75, 3.05) is 14.2 Å². The average molecular weight is 453 g/mol. The van der Waals surface area contributed by atoms with Gasteiger partial charge in [0.2, 0.25) is 15.9 Å². The molecule has 0 saturated carbocycles. The molecule has 1 amide bonds. The molecule has 0 spiro atoms. The van der Waals surface area contributed by atoms with Gasteiger partial charge in [0.1, 0.15) is 16.7 Å². The van der Waals surface area contributed by atoms with Crippen LogP contribution in [0.2, 0.25) is 0 Å². The summed E-state index contributed by atoms with van der Waals surface area (Å²) in [5, 5.41) is 0. The maximum atomic E-state index is 13.4. The summed E-state index contributed by atoms with van der Waals surface area (Å²) in [5.41, 5.74) is 2.60. The second-order valence-electron chi connectivity index (χ2n) is 7.70. The number of hydrogen-bond acceptors (Lipinski definition) is 4. The second-order valence-corrected chi connectivity index (χ2v) is 9.38. The van der Waals surface area contributed by atoms with Crippen LogP contribution in [0.1, 0.15) is 16.7 Å². The maximum absolute atomic E-state index is 13.4. The van der Waals surface area contributed by atoms with E-state index in [2.05, 4.69) is 4.72 Å². The maximum Gasteiger partial charge on any atom is 0.244 e. The first kappa shape index (κ1) is 23.5. The molecule has 0 aromatic heterocycles. The molecule has 168 valence electrons. The Bertz CT molecular complexity index is 1150. The van der Waals surface area contributed by atoms with Crippen LogP contribution in [-0.4, -0.2) is 39.4 Å². The Labute approximate surface area is 189 Å². The third kappa shape index (κ3) is 5.96. The Hall–Kier alpha value is -3.16. The zero-order chi connectivity index (χ0) is 23.1. The van der Waals surface area contributed by atoms with E-state index < -0.39 is 16.1 Å². The van der Waals surface area contributed by atoms with E-state index in [0.717, 1.165) is 16.7 Å². The van der Waals surface area contributed by atoms with E-state index in [1.54, 1.807) is 37.1 Å². The molecule has 3 aromatic carbocycles. The third-order valence-electron chi connectivity index (χ3n) is 5.13. The Morgan fingerprint density at radius 1 is 0.969 bits per heavy atom. The van der Waals surface area contributed by atoms with Crippen molar-refractivity contribution >= 4 is 15.9 Å². The molecule has 32 heavy (non-hydrogen) atoms. The molecule has 1 N–H and O–H groups in total. The van der Waals surface area contributed by atoms with Crippen LogP contribution in [0.15, 0.2) is 83.8 Å². The largest absolute Gasteiger partial charge is 0.495 e. The van der Waals surface area contributed by atoms with Gasteiger partial charge < -0.3 is 9.64 Å². The number of benzene rings is 3. The van der Waals surface area contributed by atoms with Crippen molar-refractivity contribution in [1.29, 1.82) is 0 Å². The van der Waals surface area contributed by atoms with Crippen LogP contribution in [0.5, 0.6) is 5.75 Å². The minimum absolute atomic E-state index is 0.0107. The summed E-state index contributed by atoms with van der Waals surface area (Å²) in [5.74, 6) is -0.0837. The molecule has 0 aliphatic carbocycles. The van der Waals surface area contributed by atoms with Crippen LogP contribution >= 0.6 is 0 Å². The molecule has 7 heteroatoms. The van der Waals surface area contributed by atoms with Gasteiger partial charge in [-0.3, -0.25) is 4.79 Å². The number of ether oxygens (including phenoxy) is 1. The van der Waals surface area contributed by atoms with Crippen molar-refractivity contribution in [3.05, 3.63) is 95.6 Å². The van der Waals surface area contributed by atoms with E-state index in [1.807, 2.05) is 60.7 Å². The standard InChI is InChI=1S/C25H28N2O4S/c1-19-14-15-23(31-3)24(16-19)32(29,30)26-22(17-20-10-6-4-7-11-20)25(28)27(2)18-21-12-8-5-9-13-21/h4-16,22,26H,17-18H2,1-3H3/t22-/m0/s1. The van der Waals surface area contributed by atoms with Crippen molar-refractivity contribution < 1.29 is 17.9 Å². The number of nitrogens with one attached hydrogen (secondary N) is 1. The number of carbonyl (C=O) groups excluding carboxylic acids is 1. The SMILES string of the molecule is COc1ccc(C)cc1S(=O)(=O)N[C@@H](Cc1ccccc1)C(=O)N(C)Cc1ccccc1. The first-order valence-electron chi connectivity index (χ1n) is 10.3. The van der Waals surface area contributed by atoms with Gasteiger partial charge in [-0.2, -0.15) is 4.72 Å². The Morgan fingerprint density at radius 3 is 2.16 bits per heavy atom. The molecular formula is C25H28N2O4S. The summed E-state index contributed by atoms with van der Waals surface area (Å²) in [7, 11) is -0.923. The van der Waals surface area contributed by atoms with Crippen molar-refractivity contribution in [3.8, 4) is 5.75 Å². The summed E-state index contributed by atoms with van der Waals surface area (Å²) in [4.78, 5) is 14.9. The zero-order valence-electron chi connectivity index (χ0n) is 18.5. The fourth-order valence-corrected chi connectivity index (χ4v) is 4.92. The smallest absolute Gasteiger partial charge is 0.244 e. The summed E-state index contributed by atoms with van der Waals surface area (Å²) in [6, 6.07) is 22.9.